The number of nitrogens with one attached hydrogen (secondary N) is 1. The minimum atomic E-state index is -0.0848. The molecule has 1 aliphatic carbocycles. The lowest BCUT2D eigenvalue weighted by molar-refractivity contribution is -0.123. The lowest BCUT2D eigenvalue weighted by atomic mass is 10.1. The molecule has 1 aromatic rings. The smallest absolute Gasteiger partial charge is 0.257 e. The van der Waals surface area contributed by atoms with E-state index < -0.39 is 0 Å². The van der Waals surface area contributed by atoms with Gasteiger partial charge in [-0.2, -0.15) is 0 Å². The van der Waals surface area contributed by atoms with Crippen LogP contribution in [0.25, 0.3) is 0 Å². The van der Waals surface area contributed by atoms with Crippen molar-refractivity contribution < 1.29 is 14.3 Å². The molecule has 110 valence electrons. The van der Waals surface area contributed by atoms with Crippen molar-refractivity contribution in [2.45, 2.75) is 19.3 Å². The van der Waals surface area contributed by atoms with E-state index in [1.807, 2.05) is 12.1 Å². The first-order valence-corrected chi connectivity index (χ1v) is 6.99. The van der Waals surface area contributed by atoms with Crippen LogP contribution < -0.4 is 20.5 Å². The van der Waals surface area contributed by atoms with Gasteiger partial charge in [-0.25, -0.2) is 0 Å². The summed E-state index contributed by atoms with van der Waals surface area (Å²) in [5.41, 5.74) is 6.57. The number of amides is 1. The molecule has 0 aromatic heterocycles. The molecule has 0 heterocycles. The Hall–Kier alpha value is -1.75. The van der Waals surface area contributed by atoms with Crippen LogP contribution >= 0.6 is 0 Å². The van der Waals surface area contributed by atoms with Gasteiger partial charge in [0.1, 0.15) is 11.5 Å². The molecule has 3 N–H and O–H groups in total. The number of rotatable bonds is 8. The van der Waals surface area contributed by atoms with E-state index in [4.69, 9.17) is 15.2 Å². The Morgan fingerprint density at radius 1 is 1.45 bits per heavy atom. The van der Waals surface area contributed by atoms with Crippen LogP contribution in [-0.2, 0) is 11.2 Å². The quantitative estimate of drug-likeness (QED) is 0.747. The summed E-state index contributed by atoms with van der Waals surface area (Å²) >= 11 is 0. The van der Waals surface area contributed by atoms with Gasteiger partial charge in [-0.15, -0.1) is 0 Å². The fourth-order valence-electron chi connectivity index (χ4n) is 1.93. The largest absolute Gasteiger partial charge is 0.497 e. The number of carbonyl (C=O) groups excluding carboxylic acids is 1. The predicted octanol–water partition coefficient (Wildman–Crippen LogP) is 1.10. The SMILES string of the molecule is COc1ccc(CCN)c(OCC(=O)NCC2CC2)c1. The van der Waals surface area contributed by atoms with Gasteiger partial charge in [-0.05, 0) is 43.4 Å². The molecule has 5 heteroatoms. The average Bonchev–Trinajstić information content (AvgIpc) is 3.28. The number of benzene rings is 1. The summed E-state index contributed by atoms with van der Waals surface area (Å²) in [5, 5.41) is 2.88. The fourth-order valence-corrected chi connectivity index (χ4v) is 1.93. The number of nitrogens with two attached hydrogens (primary N) is 1. The summed E-state index contributed by atoms with van der Waals surface area (Å²) in [6, 6.07) is 5.58. The molecule has 0 bridgehead atoms. The molecule has 1 aromatic carbocycles. The van der Waals surface area contributed by atoms with Crippen LogP contribution in [0.3, 0.4) is 0 Å². The van der Waals surface area contributed by atoms with Crippen molar-refractivity contribution in [1.29, 1.82) is 0 Å². The van der Waals surface area contributed by atoms with Gasteiger partial charge in [-0.1, -0.05) is 6.07 Å². The lowest BCUT2D eigenvalue weighted by Gasteiger charge is -2.12. The molecule has 0 atom stereocenters. The Labute approximate surface area is 119 Å². The molecule has 0 aliphatic heterocycles. The molecule has 1 amide bonds. The second kappa shape index (κ2) is 7.14. The van der Waals surface area contributed by atoms with E-state index >= 15 is 0 Å². The van der Waals surface area contributed by atoms with Gasteiger partial charge in [0.2, 0.25) is 0 Å². The second-order valence-corrected chi connectivity index (χ2v) is 5.05. The van der Waals surface area contributed by atoms with Crippen molar-refractivity contribution >= 4 is 5.91 Å². The zero-order chi connectivity index (χ0) is 14.4. The number of carbonyl (C=O) groups is 1. The highest BCUT2D eigenvalue weighted by molar-refractivity contribution is 5.77. The van der Waals surface area contributed by atoms with Gasteiger partial charge in [0.05, 0.1) is 7.11 Å². The average molecular weight is 278 g/mol. The molecule has 0 radical (unpaired) electrons. The first-order chi connectivity index (χ1) is 9.72. The highest BCUT2D eigenvalue weighted by atomic mass is 16.5. The highest BCUT2D eigenvalue weighted by Crippen LogP contribution is 2.27. The minimum absolute atomic E-state index is 0.0253. The van der Waals surface area contributed by atoms with E-state index in [1.165, 1.54) is 12.8 Å². The maximum absolute atomic E-state index is 11.7. The van der Waals surface area contributed by atoms with Crippen molar-refractivity contribution in [1.82, 2.24) is 5.32 Å². The molecule has 5 nitrogen and oxygen atoms in total. The normalized spacial score (nSPS) is 13.9. The summed E-state index contributed by atoms with van der Waals surface area (Å²) < 4.78 is 10.8. The summed E-state index contributed by atoms with van der Waals surface area (Å²) in [5.74, 6) is 1.96. The zero-order valence-corrected chi connectivity index (χ0v) is 11.9. The van der Waals surface area contributed by atoms with Crippen LogP contribution in [0.15, 0.2) is 18.2 Å². The van der Waals surface area contributed by atoms with Crippen LogP contribution in [-0.4, -0.2) is 32.7 Å². The van der Waals surface area contributed by atoms with Gasteiger partial charge in [0.15, 0.2) is 6.61 Å². The third kappa shape index (κ3) is 4.42. The van der Waals surface area contributed by atoms with E-state index in [1.54, 1.807) is 13.2 Å². The van der Waals surface area contributed by atoms with Crippen LogP contribution in [0.2, 0.25) is 0 Å². The Bertz CT molecular complexity index is 458. The Morgan fingerprint density at radius 3 is 2.90 bits per heavy atom. The maximum atomic E-state index is 11.7. The summed E-state index contributed by atoms with van der Waals surface area (Å²) in [7, 11) is 1.60. The van der Waals surface area contributed by atoms with E-state index in [0.717, 1.165) is 12.1 Å². The Morgan fingerprint density at radius 2 is 2.25 bits per heavy atom. The van der Waals surface area contributed by atoms with E-state index in [-0.39, 0.29) is 12.5 Å². The number of ether oxygens (including phenoxy) is 2. The zero-order valence-electron chi connectivity index (χ0n) is 11.9. The Kier molecular flexibility index (Phi) is 5.24. The van der Waals surface area contributed by atoms with E-state index in [0.29, 0.717) is 30.4 Å². The van der Waals surface area contributed by atoms with Crippen molar-refractivity contribution in [2.24, 2.45) is 11.7 Å². The number of methoxy groups -OCH3 is 1. The molecule has 1 fully saturated rings. The number of hydrogen-bond donors (Lipinski definition) is 2. The van der Waals surface area contributed by atoms with E-state index in [9.17, 15) is 4.79 Å². The molecule has 1 aliphatic rings. The molecular weight excluding hydrogens is 256 g/mol. The lowest BCUT2D eigenvalue weighted by Crippen LogP contribution is -2.30. The van der Waals surface area contributed by atoms with Crippen LogP contribution in [0, 0.1) is 5.92 Å². The summed E-state index contributed by atoms with van der Waals surface area (Å²) in [4.78, 5) is 11.7. The first kappa shape index (κ1) is 14.7. The molecule has 1 saturated carbocycles. The van der Waals surface area contributed by atoms with Crippen LogP contribution in [0.4, 0.5) is 0 Å². The molecule has 0 unspecified atom stereocenters. The van der Waals surface area contributed by atoms with Gasteiger partial charge >= 0.3 is 0 Å². The molecule has 0 spiro atoms. The summed E-state index contributed by atoms with van der Waals surface area (Å²) in [6.45, 7) is 1.32. The molecule has 0 saturated heterocycles. The van der Waals surface area contributed by atoms with Crippen molar-refractivity contribution in [3.8, 4) is 11.5 Å². The van der Waals surface area contributed by atoms with Crippen molar-refractivity contribution in [3.63, 3.8) is 0 Å². The third-order valence-corrected chi connectivity index (χ3v) is 3.33. The van der Waals surface area contributed by atoms with Gasteiger partial charge < -0.3 is 20.5 Å². The predicted molar refractivity (Wildman–Crippen MR) is 77.0 cm³/mol. The Balaban J connectivity index is 1.89. The fraction of sp³-hybridized carbons (Fsp3) is 0.533. The minimum Gasteiger partial charge on any atom is -0.497 e. The third-order valence-electron chi connectivity index (χ3n) is 3.33. The van der Waals surface area contributed by atoms with Crippen LogP contribution in [0.1, 0.15) is 18.4 Å². The molecule has 2 rings (SSSR count). The second-order valence-electron chi connectivity index (χ2n) is 5.05. The molecular formula is C15H22N2O3. The highest BCUT2D eigenvalue weighted by Gasteiger charge is 2.21. The maximum Gasteiger partial charge on any atom is 0.257 e. The topological polar surface area (TPSA) is 73.6 Å². The van der Waals surface area contributed by atoms with Gasteiger partial charge in [-0.3, -0.25) is 4.79 Å². The monoisotopic (exact) mass is 278 g/mol. The van der Waals surface area contributed by atoms with Gasteiger partial charge in [0.25, 0.3) is 5.91 Å². The summed E-state index contributed by atoms with van der Waals surface area (Å²) in [6.07, 6.45) is 3.15. The number of hydrogen-bond acceptors (Lipinski definition) is 4. The van der Waals surface area contributed by atoms with Crippen molar-refractivity contribution in [3.05, 3.63) is 23.8 Å². The first-order valence-electron chi connectivity index (χ1n) is 6.99. The van der Waals surface area contributed by atoms with Gasteiger partial charge in [0, 0.05) is 12.6 Å². The standard InChI is InChI=1S/C15H22N2O3/c1-19-13-5-4-12(6-7-16)14(8-13)20-10-15(18)17-9-11-2-3-11/h4-5,8,11H,2-3,6-7,9-10,16H2,1H3,(H,17,18). The van der Waals surface area contributed by atoms with E-state index in [2.05, 4.69) is 5.32 Å². The van der Waals surface area contributed by atoms with Crippen LogP contribution in [0.5, 0.6) is 11.5 Å². The van der Waals surface area contributed by atoms with Crippen molar-refractivity contribution in [2.75, 3.05) is 26.8 Å². The molecule has 20 heavy (non-hydrogen) atoms.